The van der Waals surface area contributed by atoms with Gasteiger partial charge in [0.05, 0.1) is 31.1 Å². The summed E-state index contributed by atoms with van der Waals surface area (Å²) in [5, 5.41) is 0. The molecule has 1 N–H and O–H groups in total. The molecule has 2 aromatic carbocycles. The zero-order valence-corrected chi connectivity index (χ0v) is 18.0. The molecule has 0 aliphatic carbocycles. The predicted octanol–water partition coefficient (Wildman–Crippen LogP) is 1.26. The van der Waals surface area contributed by atoms with Crippen molar-refractivity contribution in [2.45, 2.75) is 25.3 Å². The van der Waals surface area contributed by atoms with E-state index >= 15 is 0 Å². The van der Waals surface area contributed by atoms with Gasteiger partial charge in [0.2, 0.25) is 10.0 Å². The van der Waals surface area contributed by atoms with Crippen LogP contribution in [0.4, 0.5) is 0 Å². The second kappa shape index (κ2) is 9.52. The highest BCUT2D eigenvalue weighted by atomic mass is 32.2. The van der Waals surface area contributed by atoms with E-state index in [1.54, 1.807) is 27.4 Å². The Morgan fingerprint density at radius 2 is 1.66 bits per heavy atom. The molecule has 1 aliphatic rings. The Balaban J connectivity index is 1.68. The highest BCUT2D eigenvalue weighted by molar-refractivity contribution is 7.89. The molecule has 2 aromatic rings. The van der Waals surface area contributed by atoms with E-state index in [0.29, 0.717) is 31.7 Å². The maximum Gasteiger partial charge on any atom is 0.253 e. The van der Waals surface area contributed by atoms with E-state index in [1.807, 2.05) is 32.0 Å². The quantitative estimate of drug-likeness (QED) is 0.739. The third-order valence-electron chi connectivity index (χ3n) is 5.50. The number of sulfonamides is 1. The number of quaternary nitrogens is 1. The fraction of sp³-hybridized carbons (Fsp3) is 0.409. The molecule has 6 nitrogen and oxygen atoms in total. The van der Waals surface area contributed by atoms with Crippen LogP contribution in [-0.2, 0) is 16.6 Å². The van der Waals surface area contributed by atoms with E-state index < -0.39 is 10.0 Å². The molecule has 1 fully saturated rings. The molecule has 1 saturated heterocycles. The second-order valence-corrected chi connectivity index (χ2v) is 9.26. The normalized spacial score (nSPS) is 15.9. The number of piperazine rings is 1. The average Bonchev–Trinajstić information content (AvgIpc) is 2.76. The lowest BCUT2D eigenvalue weighted by atomic mass is 10.2. The van der Waals surface area contributed by atoms with Crippen LogP contribution in [-0.4, -0.2) is 62.8 Å². The van der Waals surface area contributed by atoms with Gasteiger partial charge in [-0.3, -0.25) is 4.79 Å². The number of nitrogens with zero attached hydrogens (tertiary/aromatic N) is 2. The van der Waals surface area contributed by atoms with Crippen molar-refractivity contribution in [3.8, 4) is 0 Å². The number of benzene rings is 2. The minimum Gasteiger partial charge on any atom is -0.339 e. The summed E-state index contributed by atoms with van der Waals surface area (Å²) in [6.07, 6.45) is 0. The van der Waals surface area contributed by atoms with E-state index in [9.17, 15) is 13.2 Å². The molecule has 0 bridgehead atoms. The zero-order valence-electron chi connectivity index (χ0n) is 17.2. The molecule has 0 saturated carbocycles. The van der Waals surface area contributed by atoms with Crippen molar-refractivity contribution in [3.63, 3.8) is 0 Å². The predicted molar refractivity (Wildman–Crippen MR) is 113 cm³/mol. The Morgan fingerprint density at radius 1 is 1.00 bits per heavy atom. The highest BCUT2D eigenvalue weighted by Crippen LogP contribution is 2.18. The summed E-state index contributed by atoms with van der Waals surface area (Å²) >= 11 is 0. The largest absolute Gasteiger partial charge is 0.339 e. The lowest BCUT2D eigenvalue weighted by Gasteiger charge is -2.31. The van der Waals surface area contributed by atoms with Gasteiger partial charge in [0.25, 0.3) is 5.91 Å². The fourth-order valence-corrected chi connectivity index (χ4v) is 5.22. The molecule has 0 spiro atoms. The molecule has 1 heterocycles. The maximum atomic E-state index is 13.1. The number of rotatable bonds is 7. The lowest BCUT2D eigenvalue weighted by Crippen LogP contribution is -3.13. The summed E-state index contributed by atoms with van der Waals surface area (Å²) in [5.41, 5.74) is 1.68. The maximum absolute atomic E-state index is 13.1. The van der Waals surface area contributed by atoms with E-state index in [-0.39, 0.29) is 10.8 Å². The molecule has 0 unspecified atom stereocenters. The van der Waals surface area contributed by atoms with Gasteiger partial charge in [0.1, 0.15) is 6.54 Å². The SMILES string of the molecule is CCN(CC)C(=O)c1cccc(S(=O)(=O)N2CC[NH+](Cc3ccccc3)CC2)c1. The van der Waals surface area contributed by atoms with Crippen LogP contribution in [0.25, 0.3) is 0 Å². The minimum absolute atomic E-state index is 0.135. The minimum atomic E-state index is -3.60. The number of carbonyl (C=O) groups excluding carboxylic acids is 1. The number of amides is 1. The van der Waals surface area contributed by atoms with Gasteiger partial charge in [-0.1, -0.05) is 36.4 Å². The number of carbonyl (C=O) groups is 1. The van der Waals surface area contributed by atoms with E-state index in [1.165, 1.54) is 16.5 Å². The van der Waals surface area contributed by atoms with Gasteiger partial charge in [-0.2, -0.15) is 4.31 Å². The lowest BCUT2D eigenvalue weighted by molar-refractivity contribution is -0.917. The summed E-state index contributed by atoms with van der Waals surface area (Å²) in [7, 11) is -3.60. The van der Waals surface area contributed by atoms with Crippen molar-refractivity contribution in [2.24, 2.45) is 0 Å². The van der Waals surface area contributed by atoms with Crippen LogP contribution < -0.4 is 4.90 Å². The first-order valence-electron chi connectivity index (χ1n) is 10.2. The standard InChI is InChI=1S/C22H29N3O3S/c1-3-24(4-2)22(26)20-11-8-12-21(17-20)29(27,28)25-15-13-23(14-16-25)18-19-9-6-5-7-10-19/h5-12,17H,3-4,13-16,18H2,1-2H3/p+1. The monoisotopic (exact) mass is 416 g/mol. The van der Waals surface area contributed by atoms with Gasteiger partial charge < -0.3 is 9.80 Å². The zero-order chi connectivity index (χ0) is 20.9. The van der Waals surface area contributed by atoms with Gasteiger partial charge >= 0.3 is 0 Å². The average molecular weight is 417 g/mol. The molecule has 7 heteroatoms. The summed E-state index contributed by atoms with van der Waals surface area (Å²) in [5.74, 6) is -0.135. The van der Waals surface area contributed by atoms with E-state index in [2.05, 4.69) is 12.1 Å². The van der Waals surface area contributed by atoms with Crippen LogP contribution >= 0.6 is 0 Å². The van der Waals surface area contributed by atoms with Gasteiger partial charge in [-0.05, 0) is 32.0 Å². The van der Waals surface area contributed by atoms with Crippen molar-refractivity contribution in [2.75, 3.05) is 39.3 Å². The number of hydrogen-bond acceptors (Lipinski definition) is 3. The van der Waals surface area contributed by atoms with Crippen molar-refractivity contribution < 1.29 is 18.1 Å². The Labute approximate surface area is 173 Å². The number of hydrogen-bond donors (Lipinski definition) is 1. The summed E-state index contributed by atoms with van der Waals surface area (Å²) in [4.78, 5) is 15.9. The van der Waals surface area contributed by atoms with Gasteiger partial charge in [0, 0.05) is 24.2 Å². The first kappa shape index (κ1) is 21.5. The molecular formula is C22H30N3O3S+. The topological polar surface area (TPSA) is 62.1 Å². The van der Waals surface area contributed by atoms with Crippen molar-refractivity contribution >= 4 is 15.9 Å². The fourth-order valence-electron chi connectivity index (χ4n) is 3.74. The van der Waals surface area contributed by atoms with Crippen LogP contribution in [0.3, 0.4) is 0 Å². The van der Waals surface area contributed by atoms with E-state index in [4.69, 9.17) is 0 Å². The first-order valence-corrected chi connectivity index (χ1v) is 11.7. The van der Waals surface area contributed by atoms with Gasteiger partial charge in [0.15, 0.2) is 0 Å². The molecule has 3 rings (SSSR count). The summed E-state index contributed by atoms with van der Waals surface area (Å²) in [6.45, 7) is 8.44. The van der Waals surface area contributed by atoms with Crippen LogP contribution in [0.1, 0.15) is 29.8 Å². The van der Waals surface area contributed by atoms with Gasteiger partial charge in [-0.25, -0.2) is 8.42 Å². The summed E-state index contributed by atoms with van der Waals surface area (Å²) in [6, 6.07) is 16.7. The Kier molecular flexibility index (Phi) is 7.05. The third kappa shape index (κ3) is 5.04. The highest BCUT2D eigenvalue weighted by Gasteiger charge is 2.31. The van der Waals surface area contributed by atoms with Crippen LogP contribution in [0.2, 0.25) is 0 Å². The van der Waals surface area contributed by atoms with Crippen molar-refractivity contribution in [3.05, 3.63) is 65.7 Å². The van der Waals surface area contributed by atoms with Crippen LogP contribution in [0.15, 0.2) is 59.5 Å². The van der Waals surface area contributed by atoms with Gasteiger partial charge in [-0.15, -0.1) is 0 Å². The van der Waals surface area contributed by atoms with Crippen molar-refractivity contribution in [1.82, 2.24) is 9.21 Å². The van der Waals surface area contributed by atoms with Crippen LogP contribution in [0, 0.1) is 0 Å². The number of nitrogens with one attached hydrogen (secondary N) is 1. The van der Waals surface area contributed by atoms with E-state index in [0.717, 1.165) is 19.6 Å². The molecule has 29 heavy (non-hydrogen) atoms. The first-order chi connectivity index (χ1) is 14.0. The second-order valence-electron chi connectivity index (χ2n) is 7.32. The third-order valence-corrected chi connectivity index (χ3v) is 7.39. The molecule has 0 aromatic heterocycles. The molecule has 156 valence electrons. The molecule has 0 atom stereocenters. The Hall–Kier alpha value is -2.22. The molecule has 0 radical (unpaired) electrons. The smallest absolute Gasteiger partial charge is 0.253 e. The Morgan fingerprint density at radius 3 is 2.28 bits per heavy atom. The molecule has 1 aliphatic heterocycles. The molecule has 1 amide bonds. The van der Waals surface area contributed by atoms with Crippen LogP contribution in [0.5, 0.6) is 0 Å². The summed E-state index contributed by atoms with van der Waals surface area (Å²) < 4.78 is 27.8. The Bertz CT molecular complexity index is 919. The molecular weight excluding hydrogens is 386 g/mol. The van der Waals surface area contributed by atoms with Crippen molar-refractivity contribution in [1.29, 1.82) is 0 Å².